The van der Waals surface area contributed by atoms with Gasteiger partial charge < -0.3 is 4.90 Å². The molecule has 0 N–H and O–H groups in total. The molecule has 21 heavy (non-hydrogen) atoms. The molecule has 1 aliphatic carbocycles. The lowest BCUT2D eigenvalue weighted by atomic mass is 10.0. The molecule has 0 aromatic carbocycles. The van der Waals surface area contributed by atoms with Crippen LogP contribution in [0.2, 0.25) is 0 Å². The van der Waals surface area contributed by atoms with Crippen LogP contribution in [-0.2, 0) is 11.8 Å². The second-order valence-corrected chi connectivity index (χ2v) is 6.42. The Hall–Kier alpha value is -1.58. The SMILES string of the molecule is Cc1nn(C)c(C)c1[C@H]1CCCN1C(=O)C[C@H]1C=CCC1. The average molecular weight is 287 g/mol. The number of rotatable bonds is 3. The highest BCUT2D eigenvalue weighted by atomic mass is 16.2. The third-order valence-electron chi connectivity index (χ3n) is 5.02. The molecule has 3 rings (SSSR count). The summed E-state index contributed by atoms with van der Waals surface area (Å²) < 4.78 is 1.94. The molecule has 0 bridgehead atoms. The number of aryl methyl sites for hydroxylation is 2. The van der Waals surface area contributed by atoms with E-state index >= 15 is 0 Å². The van der Waals surface area contributed by atoms with Crippen molar-refractivity contribution >= 4 is 5.91 Å². The van der Waals surface area contributed by atoms with Crippen molar-refractivity contribution in [2.45, 2.75) is 52.0 Å². The van der Waals surface area contributed by atoms with Crippen LogP contribution < -0.4 is 0 Å². The van der Waals surface area contributed by atoms with Gasteiger partial charge in [0.2, 0.25) is 5.91 Å². The molecule has 1 aromatic heterocycles. The molecule has 2 aliphatic rings. The third kappa shape index (κ3) is 2.63. The zero-order valence-electron chi connectivity index (χ0n) is 13.3. The number of aromatic nitrogens is 2. The summed E-state index contributed by atoms with van der Waals surface area (Å²) in [6.45, 7) is 5.06. The van der Waals surface area contributed by atoms with Gasteiger partial charge in [-0.15, -0.1) is 0 Å². The van der Waals surface area contributed by atoms with E-state index in [2.05, 4.69) is 36.0 Å². The quantitative estimate of drug-likeness (QED) is 0.801. The van der Waals surface area contributed by atoms with Crippen molar-refractivity contribution in [1.29, 1.82) is 0 Å². The second kappa shape index (κ2) is 5.66. The van der Waals surface area contributed by atoms with Gasteiger partial charge in [0.25, 0.3) is 0 Å². The van der Waals surface area contributed by atoms with Gasteiger partial charge >= 0.3 is 0 Å². The Kier molecular flexibility index (Phi) is 3.87. The predicted molar refractivity (Wildman–Crippen MR) is 82.9 cm³/mol. The van der Waals surface area contributed by atoms with Crippen LogP contribution >= 0.6 is 0 Å². The molecule has 0 radical (unpaired) electrons. The Morgan fingerprint density at radius 1 is 1.38 bits per heavy atom. The first-order valence-corrected chi connectivity index (χ1v) is 8.04. The molecular weight excluding hydrogens is 262 g/mol. The number of hydrogen-bond donors (Lipinski definition) is 0. The predicted octanol–water partition coefficient (Wildman–Crippen LogP) is 3.06. The zero-order chi connectivity index (χ0) is 15.0. The van der Waals surface area contributed by atoms with Gasteiger partial charge in [0.1, 0.15) is 0 Å². The van der Waals surface area contributed by atoms with Gasteiger partial charge in [0.05, 0.1) is 11.7 Å². The lowest BCUT2D eigenvalue weighted by Gasteiger charge is -2.26. The molecule has 2 heterocycles. The maximum Gasteiger partial charge on any atom is 0.223 e. The number of nitrogens with zero attached hydrogens (tertiary/aromatic N) is 3. The molecule has 0 saturated carbocycles. The maximum atomic E-state index is 12.7. The first kappa shape index (κ1) is 14.4. The molecule has 0 unspecified atom stereocenters. The first-order valence-electron chi connectivity index (χ1n) is 8.04. The number of carbonyl (C=O) groups excluding carboxylic acids is 1. The van der Waals surface area contributed by atoms with Crippen molar-refractivity contribution in [1.82, 2.24) is 14.7 Å². The van der Waals surface area contributed by atoms with E-state index in [1.54, 1.807) is 0 Å². The molecule has 1 aromatic rings. The van der Waals surface area contributed by atoms with Gasteiger partial charge in [0, 0.05) is 31.3 Å². The van der Waals surface area contributed by atoms with E-state index < -0.39 is 0 Å². The zero-order valence-corrected chi connectivity index (χ0v) is 13.3. The van der Waals surface area contributed by atoms with Crippen molar-refractivity contribution in [3.8, 4) is 0 Å². The molecule has 4 heteroatoms. The van der Waals surface area contributed by atoms with Crippen LogP contribution in [0.25, 0.3) is 0 Å². The summed E-state index contributed by atoms with van der Waals surface area (Å²) in [6, 6.07) is 0.233. The van der Waals surface area contributed by atoms with Crippen LogP contribution in [0.4, 0.5) is 0 Å². The molecular formula is C17H25N3O. The molecule has 0 spiro atoms. The fourth-order valence-corrected chi connectivity index (χ4v) is 3.84. The Morgan fingerprint density at radius 2 is 2.19 bits per heavy atom. The summed E-state index contributed by atoms with van der Waals surface area (Å²) in [5.41, 5.74) is 3.53. The van der Waals surface area contributed by atoms with Gasteiger partial charge in [-0.3, -0.25) is 9.48 Å². The molecule has 1 fully saturated rings. The normalized spacial score (nSPS) is 25.0. The molecule has 1 saturated heterocycles. The number of allylic oxidation sites excluding steroid dienone is 2. The monoisotopic (exact) mass is 287 g/mol. The Balaban J connectivity index is 1.78. The molecule has 114 valence electrons. The standard InChI is InChI=1S/C17H25N3O/c1-12-17(13(2)19(3)18-12)15-9-6-10-20(15)16(21)11-14-7-4-5-8-14/h4,7,14-15H,5-6,8-11H2,1-3H3/t14-,15+/m0/s1. The number of hydrogen-bond acceptors (Lipinski definition) is 2. The van der Waals surface area contributed by atoms with Crippen molar-refractivity contribution in [2.24, 2.45) is 13.0 Å². The van der Waals surface area contributed by atoms with Crippen LogP contribution in [0.15, 0.2) is 12.2 Å². The minimum Gasteiger partial charge on any atom is -0.336 e. The topological polar surface area (TPSA) is 38.1 Å². The third-order valence-corrected chi connectivity index (χ3v) is 5.02. The Bertz CT molecular complexity index is 573. The highest BCUT2D eigenvalue weighted by Gasteiger charge is 2.34. The lowest BCUT2D eigenvalue weighted by Crippen LogP contribution is -2.32. The van der Waals surface area contributed by atoms with Gasteiger partial charge in [-0.05, 0) is 45.4 Å². The van der Waals surface area contributed by atoms with Crippen molar-refractivity contribution < 1.29 is 4.79 Å². The Morgan fingerprint density at radius 3 is 2.81 bits per heavy atom. The van der Waals surface area contributed by atoms with Crippen LogP contribution in [0.3, 0.4) is 0 Å². The average Bonchev–Trinajstić information content (AvgIpc) is 3.13. The molecule has 1 aliphatic heterocycles. The second-order valence-electron chi connectivity index (χ2n) is 6.42. The summed E-state index contributed by atoms with van der Waals surface area (Å²) in [5.74, 6) is 0.770. The van der Waals surface area contributed by atoms with Crippen LogP contribution in [-0.4, -0.2) is 27.1 Å². The van der Waals surface area contributed by atoms with Crippen LogP contribution in [0, 0.1) is 19.8 Å². The van der Waals surface area contributed by atoms with E-state index in [4.69, 9.17) is 0 Å². The molecule has 1 amide bonds. The van der Waals surface area contributed by atoms with Crippen molar-refractivity contribution in [2.75, 3.05) is 6.54 Å². The van der Waals surface area contributed by atoms with Gasteiger partial charge in [0.15, 0.2) is 0 Å². The van der Waals surface area contributed by atoms with Crippen LogP contribution in [0.5, 0.6) is 0 Å². The van der Waals surface area contributed by atoms with E-state index in [-0.39, 0.29) is 6.04 Å². The summed E-state index contributed by atoms with van der Waals surface area (Å²) in [5, 5.41) is 4.52. The summed E-state index contributed by atoms with van der Waals surface area (Å²) in [7, 11) is 1.98. The lowest BCUT2D eigenvalue weighted by molar-refractivity contribution is -0.132. The minimum atomic E-state index is 0.233. The number of amides is 1. The van der Waals surface area contributed by atoms with E-state index in [0.717, 1.165) is 37.9 Å². The van der Waals surface area contributed by atoms with E-state index in [0.29, 0.717) is 18.2 Å². The van der Waals surface area contributed by atoms with E-state index in [1.807, 2.05) is 11.7 Å². The smallest absolute Gasteiger partial charge is 0.223 e. The van der Waals surface area contributed by atoms with Crippen molar-refractivity contribution in [3.63, 3.8) is 0 Å². The van der Waals surface area contributed by atoms with Gasteiger partial charge in [-0.25, -0.2) is 0 Å². The molecule has 4 nitrogen and oxygen atoms in total. The van der Waals surface area contributed by atoms with Crippen LogP contribution in [0.1, 0.15) is 55.1 Å². The van der Waals surface area contributed by atoms with Crippen molar-refractivity contribution in [3.05, 3.63) is 29.1 Å². The summed E-state index contributed by atoms with van der Waals surface area (Å²) >= 11 is 0. The highest BCUT2D eigenvalue weighted by molar-refractivity contribution is 5.77. The first-order chi connectivity index (χ1) is 10.1. The fourth-order valence-electron chi connectivity index (χ4n) is 3.84. The number of carbonyl (C=O) groups is 1. The van der Waals surface area contributed by atoms with E-state index in [9.17, 15) is 4.79 Å². The van der Waals surface area contributed by atoms with E-state index in [1.165, 1.54) is 11.3 Å². The largest absolute Gasteiger partial charge is 0.336 e. The highest BCUT2D eigenvalue weighted by Crippen LogP contribution is 2.36. The minimum absolute atomic E-state index is 0.233. The summed E-state index contributed by atoms with van der Waals surface area (Å²) in [4.78, 5) is 14.8. The number of likely N-dealkylation sites (tertiary alicyclic amines) is 1. The van der Waals surface area contributed by atoms with Gasteiger partial charge in [-0.2, -0.15) is 5.10 Å². The summed E-state index contributed by atoms with van der Waals surface area (Å²) in [6.07, 6.45) is 9.52. The fraction of sp³-hybridized carbons (Fsp3) is 0.647. The molecule has 2 atom stereocenters. The maximum absolute atomic E-state index is 12.7. The Labute approximate surface area is 126 Å². The van der Waals surface area contributed by atoms with Gasteiger partial charge in [-0.1, -0.05) is 12.2 Å².